The molecule has 6 nitrogen and oxygen atoms in total. The maximum absolute atomic E-state index is 13.5. The van der Waals surface area contributed by atoms with Crippen molar-refractivity contribution in [2.24, 2.45) is 0 Å². The molecule has 1 aliphatic rings. The van der Waals surface area contributed by atoms with E-state index < -0.39 is 88.0 Å². The number of urea groups is 1. The summed E-state index contributed by atoms with van der Waals surface area (Å²) >= 11 is 0. The van der Waals surface area contributed by atoms with Crippen molar-refractivity contribution in [2.45, 2.75) is 30.5 Å². The Morgan fingerprint density at radius 1 is 0.875 bits per heavy atom. The summed E-state index contributed by atoms with van der Waals surface area (Å²) in [5, 5.41) is 0. The highest BCUT2D eigenvalue weighted by Crippen LogP contribution is 2.39. The summed E-state index contributed by atoms with van der Waals surface area (Å²) in [6.45, 7) is -1.23. The molecule has 1 saturated heterocycles. The Morgan fingerprint density at radius 3 is 1.82 bits per heavy atom. The van der Waals surface area contributed by atoms with Gasteiger partial charge in [0.05, 0.1) is 17.2 Å². The van der Waals surface area contributed by atoms with E-state index in [-0.39, 0.29) is 11.6 Å². The third-order valence-corrected chi connectivity index (χ3v) is 8.12. The van der Waals surface area contributed by atoms with Crippen molar-refractivity contribution in [1.29, 1.82) is 0 Å². The van der Waals surface area contributed by atoms with Crippen molar-refractivity contribution in [3.63, 3.8) is 0 Å². The van der Waals surface area contributed by atoms with Crippen LogP contribution >= 0.6 is 0 Å². The average molecular weight is 609 g/mol. The van der Waals surface area contributed by atoms with Gasteiger partial charge in [-0.2, -0.15) is 43.8 Å². The summed E-state index contributed by atoms with van der Waals surface area (Å²) < 4.78 is 157. The third kappa shape index (κ3) is 7.16. The molecule has 17 heteroatoms. The molecule has 0 aliphatic carbocycles. The first kappa shape index (κ1) is 31.4. The van der Waals surface area contributed by atoms with Gasteiger partial charge in [0.2, 0.25) is 10.0 Å². The van der Waals surface area contributed by atoms with E-state index in [9.17, 15) is 57.1 Å². The number of hydrogen-bond acceptors (Lipinski definition) is 3. The Morgan fingerprint density at radius 2 is 1.38 bits per heavy atom. The Hall–Kier alpha value is -3.08. The first-order chi connectivity index (χ1) is 18.1. The summed E-state index contributed by atoms with van der Waals surface area (Å²) in [6.07, 6.45) is -15.5. The van der Waals surface area contributed by atoms with Gasteiger partial charge in [0.15, 0.2) is 5.75 Å². The van der Waals surface area contributed by atoms with Crippen LogP contribution in [0, 0.1) is 5.82 Å². The van der Waals surface area contributed by atoms with Crippen LogP contribution in [0.2, 0.25) is 0 Å². The second-order valence-electron chi connectivity index (χ2n) is 9.13. The van der Waals surface area contributed by atoms with E-state index in [0.29, 0.717) is 21.3 Å². The quantitative estimate of drug-likeness (QED) is 0.408. The molecular formula is C23H21F10N3O3S. The lowest BCUT2D eigenvalue weighted by atomic mass is 9.93. The lowest BCUT2D eigenvalue weighted by molar-refractivity contribution is -0.143. The number of rotatable bonds is 5. The van der Waals surface area contributed by atoms with Crippen LogP contribution in [-0.2, 0) is 22.4 Å². The minimum atomic E-state index is -5.20. The second-order valence-corrected chi connectivity index (χ2v) is 11.1. The minimum absolute atomic E-state index is 0.129. The molecular weight excluding hydrogens is 588 g/mol. The van der Waals surface area contributed by atoms with Crippen molar-refractivity contribution in [3.8, 4) is 0 Å². The molecule has 222 valence electrons. The molecule has 1 heterocycles. The third-order valence-electron chi connectivity index (χ3n) is 6.34. The van der Waals surface area contributed by atoms with Gasteiger partial charge in [-0.1, -0.05) is 12.1 Å². The predicted molar refractivity (Wildman–Crippen MR) is 122 cm³/mol. The number of carbonyl (C=O) groups is 1. The largest absolute Gasteiger partial charge is 0.416 e. The van der Waals surface area contributed by atoms with E-state index in [1.165, 1.54) is 12.1 Å². The maximum atomic E-state index is 13.5. The number of benzene rings is 2. The maximum Gasteiger partial charge on any atom is 0.416 e. The van der Waals surface area contributed by atoms with Gasteiger partial charge in [-0.25, -0.2) is 17.6 Å². The fourth-order valence-electron chi connectivity index (χ4n) is 4.33. The van der Waals surface area contributed by atoms with Gasteiger partial charge in [0.25, 0.3) is 0 Å². The molecule has 0 spiro atoms. The SMILES string of the molecule is CN(C(=O)N(C)[C@@H]1CN(S(=O)(=O)CC(F)(F)F)C[C@H]1c1ccc(F)cc1)c1cc(C(F)(F)F)cc(C(F)(F)F)c1. The number of hydrogen-bond donors (Lipinski definition) is 0. The first-order valence-electron chi connectivity index (χ1n) is 11.2. The zero-order valence-electron chi connectivity index (χ0n) is 20.6. The fraction of sp³-hybridized carbons (Fsp3) is 0.435. The molecule has 1 fully saturated rings. The first-order valence-corrected chi connectivity index (χ1v) is 12.8. The standard InChI is InChI=1S/C23H21F10N3O3S/c1-34(17-8-14(22(28,29)30)7-15(9-17)23(31,32)33)20(37)35(2)19-11-36(40(38,39)12-21(25,26)27)10-18(19)13-3-5-16(24)6-4-13/h3-9,18-19H,10-12H2,1-2H3/t18-,19+/m0/s1. The highest BCUT2D eigenvalue weighted by Gasteiger charge is 2.47. The Bertz CT molecular complexity index is 1310. The molecule has 0 N–H and O–H groups in total. The normalized spacial score (nSPS) is 19.1. The summed E-state index contributed by atoms with van der Waals surface area (Å²) in [6, 6.07) is 2.52. The summed E-state index contributed by atoms with van der Waals surface area (Å²) in [7, 11) is -2.99. The van der Waals surface area contributed by atoms with Gasteiger partial charge in [-0.05, 0) is 35.9 Å². The van der Waals surface area contributed by atoms with Gasteiger partial charge >= 0.3 is 24.6 Å². The molecule has 1 aliphatic heterocycles. The molecule has 2 amide bonds. The molecule has 0 unspecified atom stereocenters. The highest BCUT2D eigenvalue weighted by atomic mass is 32.2. The molecule has 2 aromatic carbocycles. The van der Waals surface area contributed by atoms with Crippen LogP contribution in [0.3, 0.4) is 0 Å². The number of alkyl halides is 9. The van der Waals surface area contributed by atoms with Gasteiger partial charge < -0.3 is 4.90 Å². The van der Waals surface area contributed by atoms with E-state index in [2.05, 4.69) is 0 Å². The molecule has 0 saturated carbocycles. The number of sulfonamides is 1. The van der Waals surface area contributed by atoms with E-state index in [1.807, 2.05) is 0 Å². The Labute approximate surface area is 221 Å². The zero-order chi connectivity index (χ0) is 30.4. The van der Waals surface area contributed by atoms with Crippen molar-refractivity contribution in [1.82, 2.24) is 9.21 Å². The van der Waals surface area contributed by atoms with Crippen LogP contribution in [0.1, 0.15) is 22.6 Å². The average Bonchev–Trinajstić information content (AvgIpc) is 3.27. The van der Waals surface area contributed by atoms with Crippen LogP contribution < -0.4 is 4.90 Å². The van der Waals surface area contributed by atoms with Crippen molar-refractivity contribution < 1.29 is 57.1 Å². The van der Waals surface area contributed by atoms with Gasteiger partial charge in [-0.15, -0.1) is 0 Å². The highest BCUT2D eigenvalue weighted by molar-refractivity contribution is 7.89. The molecule has 0 bridgehead atoms. The number of amides is 2. The zero-order valence-corrected chi connectivity index (χ0v) is 21.4. The minimum Gasteiger partial charge on any atom is -0.322 e. The molecule has 3 rings (SSSR count). The number of anilines is 1. The van der Waals surface area contributed by atoms with Crippen molar-refractivity contribution in [3.05, 3.63) is 65.0 Å². The van der Waals surface area contributed by atoms with Crippen LogP contribution in [-0.4, -0.2) is 68.8 Å². The van der Waals surface area contributed by atoms with E-state index in [1.54, 1.807) is 0 Å². The fourth-order valence-corrected chi connectivity index (χ4v) is 5.69. The van der Waals surface area contributed by atoms with Gasteiger partial charge in [0.1, 0.15) is 5.82 Å². The van der Waals surface area contributed by atoms with E-state index >= 15 is 0 Å². The van der Waals surface area contributed by atoms with Crippen LogP contribution in [0.5, 0.6) is 0 Å². The summed E-state index contributed by atoms with van der Waals surface area (Å²) in [4.78, 5) is 14.5. The van der Waals surface area contributed by atoms with Crippen LogP contribution in [0.4, 0.5) is 54.4 Å². The van der Waals surface area contributed by atoms with E-state index in [4.69, 9.17) is 0 Å². The number of likely N-dealkylation sites (N-methyl/N-ethyl adjacent to an activating group) is 1. The number of nitrogens with zero attached hydrogens (tertiary/aromatic N) is 3. The van der Waals surface area contributed by atoms with Gasteiger partial charge in [0, 0.05) is 38.8 Å². The molecule has 0 aromatic heterocycles. The topological polar surface area (TPSA) is 60.9 Å². The van der Waals surface area contributed by atoms with Crippen molar-refractivity contribution in [2.75, 3.05) is 37.8 Å². The lowest BCUT2D eigenvalue weighted by Crippen LogP contribution is -2.48. The Balaban J connectivity index is 1.99. The van der Waals surface area contributed by atoms with E-state index in [0.717, 1.165) is 31.1 Å². The molecule has 40 heavy (non-hydrogen) atoms. The Kier molecular flexibility index (Phi) is 8.43. The number of carbonyl (C=O) groups excluding carboxylic acids is 1. The molecule has 2 atom stereocenters. The summed E-state index contributed by atoms with van der Waals surface area (Å²) in [5.74, 6) is -3.91. The molecule has 2 aromatic rings. The second kappa shape index (κ2) is 10.7. The molecule has 0 radical (unpaired) electrons. The van der Waals surface area contributed by atoms with Crippen LogP contribution in [0.25, 0.3) is 0 Å². The van der Waals surface area contributed by atoms with Crippen LogP contribution in [0.15, 0.2) is 42.5 Å². The predicted octanol–water partition coefficient (Wildman–Crippen LogP) is 5.71. The summed E-state index contributed by atoms with van der Waals surface area (Å²) in [5.41, 5.74) is -3.93. The lowest BCUT2D eigenvalue weighted by Gasteiger charge is -2.33. The smallest absolute Gasteiger partial charge is 0.322 e. The van der Waals surface area contributed by atoms with Gasteiger partial charge in [-0.3, -0.25) is 4.90 Å². The van der Waals surface area contributed by atoms with Crippen molar-refractivity contribution >= 4 is 21.7 Å². The monoisotopic (exact) mass is 609 g/mol. The number of halogens is 10.